The Balaban J connectivity index is 4.04. The molecular weight excluding hydrogens is 333 g/mol. The number of rotatable bonds is 2. The van der Waals surface area contributed by atoms with E-state index < -0.39 is 32.4 Å². The maximum Gasteiger partial charge on any atom is 0.317 e. The maximum atomic E-state index is 10.9. The van der Waals surface area contributed by atoms with Crippen LogP contribution in [0.1, 0.15) is 12.8 Å². The Bertz CT molecular complexity index is 227. The van der Waals surface area contributed by atoms with Crippen LogP contribution < -0.4 is 0 Å². The molecule has 0 aliphatic heterocycles. The van der Waals surface area contributed by atoms with Gasteiger partial charge in [-0.05, 0) is 0 Å². The second-order valence-electron chi connectivity index (χ2n) is 2.43. The Labute approximate surface area is 116 Å². The Morgan fingerprint density at radius 1 is 0.800 bits per heavy atom. The lowest BCUT2D eigenvalue weighted by Crippen LogP contribution is -2.21. The van der Waals surface area contributed by atoms with Gasteiger partial charge >= 0.3 is 11.9 Å². The van der Waals surface area contributed by atoms with E-state index in [2.05, 4.69) is 4.74 Å². The molecule has 0 saturated carbocycles. The number of carbonyl (C=O) groups is 2. The molecule has 3 nitrogen and oxygen atoms in total. The van der Waals surface area contributed by atoms with Gasteiger partial charge in [0.25, 0.3) is 0 Å². The summed E-state index contributed by atoms with van der Waals surface area (Å²) in [4.78, 5) is 21.9. The summed E-state index contributed by atoms with van der Waals surface area (Å²) in [6, 6.07) is 0. The molecule has 88 valence electrons. The number of hydrogen-bond donors (Lipinski definition) is 0. The highest BCUT2D eigenvalue weighted by Crippen LogP contribution is 2.32. The smallest absolute Gasteiger partial charge is 0.317 e. The van der Waals surface area contributed by atoms with Gasteiger partial charge in [0.1, 0.15) is 0 Å². The lowest BCUT2D eigenvalue weighted by atomic mass is 10.4. The fraction of sp³-hybridized carbons (Fsp3) is 0.667. The van der Waals surface area contributed by atoms with Crippen LogP contribution in [0.15, 0.2) is 0 Å². The van der Waals surface area contributed by atoms with E-state index in [1.54, 1.807) is 0 Å². The number of carbonyl (C=O) groups excluding carboxylic acids is 2. The van der Waals surface area contributed by atoms with E-state index in [-0.39, 0.29) is 0 Å². The van der Waals surface area contributed by atoms with Gasteiger partial charge in [0.15, 0.2) is 0 Å². The molecule has 0 amide bonds. The minimum atomic E-state index is -1.82. The number of halogens is 6. The van der Waals surface area contributed by atoms with Crippen molar-refractivity contribution in [3.63, 3.8) is 0 Å². The van der Waals surface area contributed by atoms with Crippen molar-refractivity contribution < 1.29 is 14.3 Å². The molecule has 0 aromatic heterocycles. The second kappa shape index (κ2) is 5.99. The first-order chi connectivity index (χ1) is 6.49. The molecule has 0 aliphatic rings. The van der Waals surface area contributed by atoms with Crippen molar-refractivity contribution in [3.05, 3.63) is 0 Å². The first kappa shape index (κ1) is 15.9. The van der Waals surface area contributed by atoms with Crippen LogP contribution in [0.4, 0.5) is 0 Å². The van der Waals surface area contributed by atoms with Crippen molar-refractivity contribution in [1.29, 1.82) is 0 Å². The van der Waals surface area contributed by atoms with Gasteiger partial charge in [0, 0.05) is 0 Å². The highest BCUT2D eigenvalue weighted by atomic mass is 35.6. The maximum absolute atomic E-state index is 10.9. The molecule has 0 fully saturated rings. The van der Waals surface area contributed by atoms with E-state index in [4.69, 9.17) is 69.6 Å². The molecule has 0 aromatic rings. The molecular formula is C6H4Cl6O3. The first-order valence-corrected chi connectivity index (χ1v) is 5.63. The summed E-state index contributed by atoms with van der Waals surface area (Å²) in [6.45, 7) is 0. The Morgan fingerprint density at radius 2 is 1.07 bits per heavy atom. The van der Waals surface area contributed by atoms with Gasteiger partial charge in [0.2, 0.25) is 7.59 Å². The van der Waals surface area contributed by atoms with E-state index in [1.165, 1.54) is 0 Å². The Morgan fingerprint density at radius 3 is 1.27 bits per heavy atom. The van der Waals surface area contributed by atoms with Gasteiger partial charge in [-0.25, -0.2) is 0 Å². The number of hydrogen-bond acceptors (Lipinski definition) is 3. The Hall–Kier alpha value is 0.880. The van der Waals surface area contributed by atoms with Crippen molar-refractivity contribution in [2.75, 3.05) is 0 Å². The minimum absolute atomic E-state index is 0.566. The van der Waals surface area contributed by atoms with Crippen LogP contribution in [-0.4, -0.2) is 19.5 Å². The fourth-order valence-electron chi connectivity index (χ4n) is 0.526. The van der Waals surface area contributed by atoms with E-state index in [0.717, 1.165) is 0 Å². The van der Waals surface area contributed by atoms with Gasteiger partial charge < -0.3 is 4.74 Å². The summed E-state index contributed by atoms with van der Waals surface area (Å²) >= 11 is 31.7. The molecule has 0 rings (SSSR count). The van der Waals surface area contributed by atoms with Crippen molar-refractivity contribution in [1.82, 2.24) is 0 Å². The first-order valence-electron chi connectivity index (χ1n) is 3.36. The summed E-state index contributed by atoms with van der Waals surface area (Å²) in [6.07, 6.45) is -1.13. The van der Waals surface area contributed by atoms with Gasteiger partial charge in [-0.15, -0.1) is 0 Å². The molecule has 0 spiro atoms. The zero-order valence-electron chi connectivity index (χ0n) is 6.91. The third-order valence-electron chi connectivity index (χ3n) is 0.917. The predicted molar refractivity (Wildman–Crippen MR) is 60.9 cm³/mol. The molecule has 0 aromatic carbocycles. The summed E-state index contributed by atoms with van der Waals surface area (Å²) in [5.74, 6) is -2.01. The summed E-state index contributed by atoms with van der Waals surface area (Å²) in [5.41, 5.74) is 0. The zero-order valence-corrected chi connectivity index (χ0v) is 11.4. The number of ether oxygens (including phenoxy) is 1. The minimum Gasteiger partial charge on any atom is -0.393 e. The van der Waals surface area contributed by atoms with Crippen molar-refractivity contribution in [2.45, 2.75) is 20.4 Å². The van der Waals surface area contributed by atoms with Crippen LogP contribution in [0.25, 0.3) is 0 Å². The quantitative estimate of drug-likeness (QED) is 0.440. The molecule has 0 unspecified atom stereocenters. The second-order valence-corrected chi connectivity index (χ2v) is 7.46. The van der Waals surface area contributed by atoms with Gasteiger partial charge in [-0.3, -0.25) is 9.59 Å². The van der Waals surface area contributed by atoms with Crippen molar-refractivity contribution >= 4 is 81.5 Å². The molecule has 0 radical (unpaired) electrons. The SMILES string of the molecule is O=C(CC(Cl)(Cl)Cl)OC(=O)CC(Cl)(Cl)Cl. The van der Waals surface area contributed by atoms with Gasteiger partial charge in [0.05, 0.1) is 12.8 Å². The molecule has 0 saturated heterocycles. The molecule has 0 heterocycles. The topological polar surface area (TPSA) is 43.4 Å². The normalized spacial score (nSPS) is 12.4. The van der Waals surface area contributed by atoms with Gasteiger partial charge in [-0.2, -0.15) is 0 Å². The molecule has 0 bridgehead atoms. The molecule has 0 N–H and O–H groups in total. The van der Waals surface area contributed by atoms with Crippen LogP contribution in [0.3, 0.4) is 0 Å². The molecule has 15 heavy (non-hydrogen) atoms. The predicted octanol–water partition coefficient (Wildman–Crippen LogP) is 3.58. The van der Waals surface area contributed by atoms with Crippen LogP contribution in [0.5, 0.6) is 0 Å². The monoisotopic (exact) mass is 334 g/mol. The van der Waals surface area contributed by atoms with E-state index >= 15 is 0 Å². The highest BCUT2D eigenvalue weighted by Gasteiger charge is 2.30. The van der Waals surface area contributed by atoms with Crippen LogP contribution >= 0.6 is 69.6 Å². The third kappa shape index (κ3) is 11.1. The molecule has 0 atom stereocenters. The lowest BCUT2D eigenvalue weighted by molar-refractivity contribution is -0.159. The fourth-order valence-corrected chi connectivity index (χ4v) is 1.18. The average molecular weight is 337 g/mol. The largest absolute Gasteiger partial charge is 0.393 e. The van der Waals surface area contributed by atoms with Crippen LogP contribution in [0, 0.1) is 0 Å². The molecule has 9 heteroatoms. The van der Waals surface area contributed by atoms with Crippen LogP contribution in [-0.2, 0) is 14.3 Å². The van der Waals surface area contributed by atoms with E-state index in [1.807, 2.05) is 0 Å². The third-order valence-corrected chi connectivity index (χ3v) is 1.72. The van der Waals surface area contributed by atoms with Crippen LogP contribution in [0.2, 0.25) is 0 Å². The average Bonchev–Trinajstić information content (AvgIpc) is 1.73. The lowest BCUT2D eigenvalue weighted by Gasteiger charge is -2.11. The number of alkyl halides is 6. The van der Waals surface area contributed by atoms with E-state index in [9.17, 15) is 9.59 Å². The summed E-state index contributed by atoms with van der Waals surface area (Å²) in [7, 11) is 0. The van der Waals surface area contributed by atoms with Gasteiger partial charge in [-0.1, -0.05) is 69.6 Å². The Kier molecular flexibility index (Phi) is 6.34. The highest BCUT2D eigenvalue weighted by molar-refractivity contribution is 6.68. The van der Waals surface area contributed by atoms with Crippen molar-refractivity contribution in [2.24, 2.45) is 0 Å². The standard InChI is InChI=1S/C6H4Cl6O3/c7-5(8,9)1-3(13)15-4(14)2-6(10,11)12/h1-2H2. The molecule has 0 aliphatic carbocycles. The van der Waals surface area contributed by atoms with Crippen molar-refractivity contribution in [3.8, 4) is 0 Å². The van der Waals surface area contributed by atoms with E-state index in [0.29, 0.717) is 0 Å². The summed E-state index contributed by atoms with van der Waals surface area (Å²) in [5, 5.41) is 0. The summed E-state index contributed by atoms with van der Waals surface area (Å²) < 4.78 is 0.574. The number of esters is 2. The zero-order chi connectivity index (χ0) is 12.3.